The van der Waals surface area contributed by atoms with Gasteiger partial charge in [0.05, 0.1) is 22.9 Å². The summed E-state index contributed by atoms with van der Waals surface area (Å²) in [7, 11) is 0. The number of para-hydroxylation sites is 1. The molecule has 0 spiro atoms. The van der Waals surface area contributed by atoms with Crippen molar-refractivity contribution in [1.82, 2.24) is 14.8 Å². The van der Waals surface area contributed by atoms with Crippen molar-refractivity contribution < 1.29 is 19.2 Å². The van der Waals surface area contributed by atoms with Gasteiger partial charge in [-0.05, 0) is 36.8 Å². The molecule has 1 N–H and O–H groups in total. The van der Waals surface area contributed by atoms with Gasteiger partial charge in [-0.1, -0.05) is 18.2 Å². The molecule has 0 saturated carbocycles. The first-order chi connectivity index (χ1) is 16.0. The van der Waals surface area contributed by atoms with Crippen LogP contribution in [0.15, 0.2) is 79.3 Å². The monoisotopic (exact) mass is 445 g/mol. The molecule has 0 saturated heterocycles. The number of anilines is 1. The summed E-state index contributed by atoms with van der Waals surface area (Å²) >= 11 is 0. The summed E-state index contributed by atoms with van der Waals surface area (Å²) in [5.41, 5.74) is 1.07. The number of nitro groups is 1. The van der Waals surface area contributed by atoms with Gasteiger partial charge in [0.2, 0.25) is 0 Å². The number of hydrogen-bond acceptors (Lipinski definition) is 7. The summed E-state index contributed by atoms with van der Waals surface area (Å²) in [5.74, 6) is 0.779. The van der Waals surface area contributed by atoms with Crippen molar-refractivity contribution in [2.75, 3.05) is 5.32 Å². The molecular formula is C23H19N5O5. The Hall–Kier alpha value is -4.73. The first-order valence-corrected chi connectivity index (χ1v) is 9.88. The predicted octanol–water partition coefficient (Wildman–Crippen LogP) is 4.58. The molecule has 2 heterocycles. The van der Waals surface area contributed by atoms with E-state index in [9.17, 15) is 14.9 Å². The lowest BCUT2D eigenvalue weighted by Gasteiger charge is -2.09. The molecule has 10 heteroatoms. The van der Waals surface area contributed by atoms with E-state index in [-0.39, 0.29) is 29.5 Å². The van der Waals surface area contributed by atoms with Gasteiger partial charge >= 0.3 is 0 Å². The van der Waals surface area contributed by atoms with Crippen molar-refractivity contribution in [2.45, 2.75) is 13.7 Å². The molecule has 4 aromatic rings. The molecule has 0 aliphatic heterocycles. The fourth-order valence-electron chi connectivity index (χ4n) is 2.97. The van der Waals surface area contributed by atoms with Crippen LogP contribution >= 0.6 is 0 Å². The second-order valence-corrected chi connectivity index (χ2v) is 7.00. The van der Waals surface area contributed by atoms with Gasteiger partial charge in [-0.3, -0.25) is 19.9 Å². The lowest BCUT2D eigenvalue weighted by molar-refractivity contribution is -0.384. The lowest BCUT2D eigenvalue weighted by atomic mass is 10.2. The van der Waals surface area contributed by atoms with Crippen LogP contribution in [0.5, 0.6) is 17.2 Å². The Balaban J connectivity index is 1.46. The lowest BCUT2D eigenvalue weighted by Crippen LogP contribution is -2.14. The Morgan fingerprint density at radius 1 is 1.12 bits per heavy atom. The molecule has 0 radical (unpaired) electrons. The molecule has 0 fully saturated rings. The van der Waals surface area contributed by atoms with Gasteiger partial charge in [0.1, 0.15) is 17.2 Å². The number of aryl methyl sites for hydroxylation is 1. The fraction of sp³-hybridized carbons (Fsp3) is 0.0870. The van der Waals surface area contributed by atoms with Gasteiger partial charge in [0.15, 0.2) is 12.4 Å². The van der Waals surface area contributed by atoms with Crippen LogP contribution in [0.25, 0.3) is 0 Å². The van der Waals surface area contributed by atoms with Crippen LogP contribution in [0.3, 0.4) is 0 Å². The van der Waals surface area contributed by atoms with E-state index >= 15 is 0 Å². The Bertz CT molecular complexity index is 1290. The molecule has 0 aliphatic carbocycles. The number of rotatable bonds is 8. The van der Waals surface area contributed by atoms with Crippen molar-refractivity contribution in [3.05, 3.63) is 101 Å². The second-order valence-electron chi connectivity index (χ2n) is 7.00. The standard InChI is InChI=1S/C23H19N5O5/c1-16-5-2-3-7-22(16)32-15-27-10-8-21(26-27)23(29)25-17-11-18(28(30)31)13-20(12-17)33-19-6-4-9-24-14-19/h2-14H,15H2,1H3,(H,25,29). The van der Waals surface area contributed by atoms with Gasteiger partial charge < -0.3 is 14.8 Å². The van der Waals surface area contributed by atoms with E-state index in [4.69, 9.17) is 9.47 Å². The summed E-state index contributed by atoms with van der Waals surface area (Å²) in [6.45, 7) is 2.06. The number of non-ortho nitro benzene ring substituents is 1. The highest BCUT2D eigenvalue weighted by molar-refractivity contribution is 6.03. The van der Waals surface area contributed by atoms with Crippen molar-refractivity contribution in [1.29, 1.82) is 0 Å². The van der Waals surface area contributed by atoms with E-state index in [1.54, 1.807) is 24.5 Å². The number of hydrogen-bond donors (Lipinski definition) is 1. The van der Waals surface area contributed by atoms with E-state index < -0.39 is 10.8 Å². The number of nitrogens with zero attached hydrogens (tertiary/aromatic N) is 4. The van der Waals surface area contributed by atoms with Gasteiger partial charge in [0.25, 0.3) is 11.6 Å². The zero-order valence-electron chi connectivity index (χ0n) is 17.5. The van der Waals surface area contributed by atoms with Crippen LogP contribution in [0.1, 0.15) is 16.1 Å². The topological polar surface area (TPSA) is 121 Å². The van der Waals surface area contributed by atoms with Gasteiger partial charge in [0, 0.05) is 24.5 Å². The number of ether oxygens (including phenoxy) is 2. The number of carbonyl (C=O) groups is 1. The van der Waals surface area contributed by atoms with Gasteiger partial charge in [-0.25, -0.2) is 4.68 Å². The summed E-state index contributed by atoms with van der Waals surface area (Å²) in [4.78, 5) is 27.4. The highest BCUT2D eigenvalue weighted by Crippen LogP contribution is 2.29. The summed E-state index contributed by atoms with van der Waals surface area (Å²) in [5, 5.41) is 18.2. The molecule has 33 heavy (non-hydrogen) atoms. The molecule has 0 unspecified atom stereocenters. The summed E-state index contributed by atoms with van der Waals surface area (Å²) in [6.07, 6.45) is 4.66. The second kappa shape index (κ2) is 9.60. The number of benzene rings is 2. The van der Waals surface area contributed by atoms with E-state index in [1.807, 2.05) is 31.2 Å². The fourth-order valence-corrected chi connectivity index (χ4v) is 2.97. The third kappa shape index (κ3) is 5.50. The maximum atomic E-state index is 12.7. The summed E-state index contributed by atoms with van der Waals surface area (Å²) < 4.78 is 12.8. The number of carbonyl (C=O) groups excluding carboxylic acids is 1. The molecule has 2 aromatic heterocycles. The van der Waals surface area contributed by atoms with Crippen LogP contribution in [0.4, 0.5) is 11.4 Å². The van der Waals surface area contributed by atoms with Crippen molar-refractivity contribution >= 4 is 17.3 Å². The SMILES string of the molecule is Cc1ccccc1OCn1ccc(C(=O)Nc2cc(Oc3cccnc3)cc([N+](=O)[O-])c2)n1. The average Bonchev–Trinajstić information content (AvgIpc) is 3.28. The number of amides is 1. The van der Waals surface area contributed by atoms with E-state index in [0.29, 0.717) is 5.75 Å². The predicted molar refractivity (Wildman–Crippen MR) is 119 cm³/mol. The molecule has 0 bridgehead atoms. The Kier molecular flexibility index (Phi) is 6.26. The molecular weight excluding hydrogens is 426 g/mol. The molecule has 2 aromatic carbocycles. The highest BCUT2D eigenvalue weighted by Gasteiger charge is 2.15. The van der Waals surface area contributed by atoms with E-state index in [2.05, 4.69) is 15.4 Å². The largest absolute Gasteiger partial charge is 0.471 e. The maximum absolute atomic E-state index is 12.7. The third-order valence-electron chi connectivity index (χ3n) is 4.55. The zero-order valence-corrected chi connectivity index (χ0v) is 17.5. The van der Waals surface area contributed by atoms with Crippen molar-refractivity contribution in [3.8, 4) is 17.2 Å². The first kappa shape index (κ1) is 21.5. The molecule has 1 amide bonds. The quantitative estimate of drug-likeness (QED) is 0.311. The number of aromatic nitrogens is 3. The van der Waals surface area contributed by atoms with Crippen molar-refractivity contribution in [3.63, 3.8) is 0 Å². The molecule has 0 atom stereocenters. The normalized spacial score (nSPS) is 10.5. The molecule has 0 aliphatic rings. The zero-order chi connectivity index (χ0) is 23.2. The van der Waals surface area contributed by atoms with E-state index in [0.717, 1.165) is 11.3 Å². The first-order valence-electron chi connectivity index (χ1n) is 9.88. The highest BCUT2D eigenvalue weighted by atomic mass is 16.6. The van der Waals surface area contributed by atoms with Crippen LogP contribution in [-0.4, -0.2) is 25.6 Å². The molecule has 166 valence electrons. The Morgan fingerprint density at radius 3 is 2.73 bits per heavy atom. The van der Waals surface area contributed by atoms with Gasteiger partial charge in [-0.2, -0.15) is 5.10 Å². The maximum Gasteiger partial charge on any atom is 0.276 e. The molecule has 10 nitrogen and oxygen atoms in total. The third-order valence-corrected chi connectivity index (χ3v) is 4.55. The number of nitro benzene ring substituents is 1. The average molecular weight is 445 g/mol. The smallest absolute Gasteiger partial charge is 0.276 e. The van der Waals surface area contributed by atoms with Crippen LogP contribution in [-0.2, 0) is 6.73 Å². The minimum absolute atomic E-state index is 0.123. The molecule has 4 rings (SSSR count). The van der Waals surface area contributed by atoms with Crippen molar-refractivity contribution in [2.24, 2.45) is 0 Å². The minimum Gasteiger partial charge on any atom is -0.471 e. The van der Waals surface area contributed by atoms with Gasteiger partial charge in [-0.15, -0.1) is 0 Å². The Labute approximate surface area is 188 Å². The number of nitrogens with one attached hydrogen (secondary N) is 1. The number of pyridine rings is 1. The van der Waals surface area contributed by atoms with Crippen LogP contribution in [0.2, 0.25) is 0 Å². The van der Waals surface area contributed by atoms with Crippen LogP contribution < -0.4 is 14.8 Å². The summed E-state index contributed by atoms with van der Waals surface area (Å²) in [6, 6.07) is 16.4. The Morgan fingerprint density at radius 2 is 1.97 bits per heavy atom. The van der Waals surface area contributed by atoms with Crippen LogP contribution in [0, 0.1) is 17.0 Å². The van der Waals surface area contributed by atoms with E-state index in [1.165, 1.54) is 35.1 Å². The minimum atomic E-state index is -0.566.